The van der Waals surface area contributed by atoms with Crippen molar-refractivity contribution in [2.75, 3.05) is 0 Å². The third kappa shape index (κ3) is 6.05. The van der Waals surface area contributed by atoms with Gasteiger partial charge in [-0.3, -0.25) is 0 Å². The minimum absolute atomic E-state index is 0.845. The zero-order valence-corrected chi connectivity index (χ0v) is 38.4. The zero-order chi connectivity index (χ0) is 45.9. The quantitative estimate of drug-likeness (QED) is 0.167. The summed E-state index contributed by atoms with van der Waals surface area (Å²) >= 11 is 1.86. The van der Waals surface area contributed by atoms with Gasteiger partial charge in [0.2, 0.25) is 0 Å². The lowest BCUT2D eigenvalue weighted by Gasteiger charge is -2.11. The van der Waals surface area contributed by atoms with E-state index >= 15 is 0 Å². The van der Waals surface area contributed by atoms with Gasteiger partial charge in [0.15, 0.2) is 0 Å². The van der Waals surface area contributed by atoms with E-state index in [2.05, 4.69) is 217 Å². The first-order valence-corrected chi connectivity index (χ1v) is 24.5. The first-order chi connectivity index (χ1) is 34.7. The number of nitrogens with zero attached hydrogens (tertiary/aromatic N) is 2. The lowest BCUT2D eigenvalue weighted by Crippen LogP contribution is -1.92. The van der Waals surface area contributed by atoms with Crippen LogP contribution in [-0.4, -0.2) is 9.55 Å². The Morgan fingerprint density at radius 2 is 0.929 bits per heavy atom. The molecule has 5 heterocycles. The molecule has 0 radical (unpaired) electrons. The number of fused-ring (bicyclic) bond motifs is 12. The van der Waals surface area contributed by atoms with Crippen LogP contribution in [0.25, 0.3) is 147 Å². The maximum Gasteiger partial charge on any atom is 0.136 e. The average molecular weight is 911 g/mol. The Labute approximate surface area is 405 Å². The van der Waals surface area contributed by atoms with Crippen molar-refractivity contribution in [3.63, 3.8) is 0 Å². The number of hydrogen-bond donors (Lipinski definition) is 0. The summed E-state index contributed by atoms with van der Waals surface area (Å²) in [6, 6.07) is 82.6. The molecule has 4 nitrogen and oxygen atoms in total. The van der Waals surface area contributed by atoms with E-state index in [0.717, 1.165) is 94.3 Å². The number of aromatic nitrogens is 2. The summed E-state index contributed by atoms with van der Waals surface area (Å²) in [4.78, 5) is 5.28. The normalized spacial score (nSPS) is 12.0. The second-order valence-electron chi connectivity index (χ2n) is 18.2. The van der Waals surface area contributed by atoms with Crippen molar-refractivity contribution >= 4 is 97.2 Å². The molecule has 0 saturated heterocycles. The molecule has 0 aliphatic rings. The summed E-state index contributed by atoms with van der Waals surface area (Å²) < 4.78 is 17.9. The summed E-state index contributed by atoms with van der Waals surface area (Å²) in [5, 5.41) is 9.41. The average Bonchev–Trinajstić information content (AvgIpc) is 4.19. The highest BCUT2D eigenvalue weighted by molar-refractivity contribution is 7.26. The highest BCUT2D eigenvalue weighted by Crippen LogP contribution is 2.45. The van der Waals surface area contributed by atoms with E-state index in [1.165, 1.54) is 53.1 Å². The molecule has 0 bridgehead atoms. The summed E-state index contributed by atoms with van der Waals surface area (Å²) in [7, 11) is 0. The molecule has 0 atom stereocenters. The zero-order valence-electron chi connectivity index (χ0n) is 37.6. The minimum Gasteiger partial charge on any atom is -0.456 e. The van der Waals surface area contributed by atoms with Crippen molar-refractivity contribution in [3.05, 3.63) is 231 Å². The van der Waals surface area contributed by atoms with Gasteiger partial charge < -0.3 is 13.4 Å². The van der Waals surface area contributed by atoms with Gasteiger partial charge >= 0.3 is 0 Å². The van der Waals surface area contributed by atoms with Gasteiger partial charge in [-0.1, -0.05) is 133 Å². The number of thiophene rings is 1. The van der Waals surface area contributed by atoms with Crippen LogP contribution in [0, 0.1) is 0 Å². The molecule has 0 fully saturated rings. The van der Waals surface area contributed by atoms with Crippen LogP contribution < -0.4 is 0 Å². The molecule has 5 heteroatoms. The van der Waals surface area contributed by atoms with Gasteiger partial charge in [0.1, 0.15) is 22.3 Å². The van der Waals surface area contributed by atoms with Crippen LogP contribution in [0.4, 0.5) is 0 Å². The van der Waals surface area contributed by atoms with Crippen molar-refractivity contribution in [2.45, 2.75) is 0 Å². The van der Waals surface area contributed by atoms with Gasteiger partial charge in [0.05, 0.1) is 22.4 Å². The predicted octanol–water partition coefficient (Wildman–Crippen LogP) is 18.7. The molecule has 0 unspecified atom stereocenters. The molecular formula is C65H38N2O2S. The largest absolute Gasteiger partial charge is 0.456 e. The van der Waals surface area contributed by atoms with Crippen LogP contribution in [-0.2, 0) is 0 Å². The Hall–Kier alpha value is -9.03. The predicted molar refractivity (Wildman–Crippen MR) is 293 cm³/mol. The first kappa shape index (κ1) is 39.0. The van der Waals surface area contributed by atoms with Crippen molar-refractivity contribution in [1.82, 2.24) is 9.55 Å². The van der Waals surface area contributed by atoms with E-state index in [4.69, 9.17) is 13.8 Å². The molecule has 15 rings (SSSR count). The fourth-order valence-corrected chi connectivity index (χ4v) is 12.1. The van der Waals surface area contributed by atoms with Gasteiger partial charge in [0, 0.05) is 69.3 Å². The Bertz CT molecular complexity index is 4590. The summed E-state index contributed by atoms with van der Waals surface area (Å²) in [6.45, 7) is 0. The van der Waals surface area contributed by atoms with E-state index in [1.54, 1.807) is 0 Å². The number of para-hydroxylation sites is 3. The Kier molecular flexibility index (Phi) is 8.49. The number of rotatable bonds is 6. The molecule has 10 aromatic carbocycles. The summed E-state index contributed by atoms with van der Waals surface area (Å²) in [5.41, 5.74) is 17.7. The topological polar surface area (TPSA) is 44.1 Å². The van der Waals surface area contributed by atoms with Gasteiger partial charge in [-0.2, -0.15) is 0 Å². The van der Waals surface area contributed by atoms with E-state index < -0.39 is 0 Å². The van der Waals surface area contributed by atoms with Crippen molar-refractivity contribution in [3.8, 4) is 61.6 Å². The fourth-order valence-electron chi connectivity index (χ4n) is 11.0. The molecule has 70 heavy (non-hydrogen) atoms. The molecule has 0 saturated carbocycles. The molecule has 0 N–H and O–H groups in total. The second-order valence-corrected chi connectivity index (χ2v) is 19.3. The van der Waals surface area contributed by atoms with Crippen LogP contribution in [0.1, 0.15) is 0 Å². The maximum atomic E-state index is 6.65. The SMILES string of the molecule is c1ccc(-c2cc(-c3cccc4oc5ccc(-c6ccc7sc8cccc(-c9ccc%10c(c9)c9ccccc9n%10-c9ccccc9)c8c7c6)cc5c34)cc(-c3ccc4c(c3)oc3ccccc34)n2)cc1. The van der Waals surface area contributed by atoms with E-state index in [9.17, 15) is 0 Å². The maximum absolute atomic E-state index is 6.65. The van der Waals surface area contributed by atoms with Gasteiger partial charge in [-0.25, -0.2) is 4.98 Å². The second kappa shape index (κ2) is 15.2. The highest BCUT2D eigenvalue weighted by atomic mass is 32.1. The van der Waals surface area contributed by atoms with Gasteiger partial charge in [0.25, 0.3) is 0 Å². The van der Waals surface area contributed by atoms with Crippen LogP contribution in [0.5, 0.6) is 0 Å². The highest BCUT2D eigenvalue weighted by Gasteiger charge is 2.20. The van der Waals surface area contributed by atoms with E-state index in [1.807, 2.05) is 29.5 Å². The number of hydrogen-bond acceptors (Lipinski definition) is 4. The molecule has 5 aromatic heterocycles. The van der Waals surface area contributed by atoms with Gasteiger partial charge in [-0.05, 0) is 130 Å². The lowest BCUT2D eigenvalue weighted by atomic mass is 9.94. The van der Waals surface area contributed by atoms with Crippen molar-refractivity contribution in [1.29, 1.82) is 0 Å². The summed E-state index contributed by atoms with van der Waals surface area (Å²) in [6.07, 6.45) is 0. The van der Waals surface area contributed by atoms with Crippen molar-refractivity contribution in [2.24, 2.45) is 0 Å². The number of benzene rings is 10. The molecule has 0 aliphatic heterocycles. The van der Waals surface area contributed by atoms with Crippen molar-refractivity contribution < 1.29 is 8.83 Å². The molecule has 0 amide bonds. The molecule has 0 aliphatic carbocycles. The third-order valence-corrected chi connectivity index (χ3v) is 15.3. The van der Waals surface area contributed by atoms with Crippen LogP contribution in [0.2, 0.25) is 0 Å². The number of furan rings is 2. The van der Waals surface area contributed by atoms with E-state index in [-0.39, 0.29) is 0 Å². The molecular weight excluding hydrogens is 873 g/mol. The Balaban J connectivity index is 0.870. The smallest absolute Gasteiger partial charge is 0.136 e. The van der Waals surface area contributed by atoms with Crippen LogP contribution in [0.3, 0.4) is 0 Å². The Morgan fingerprint density at radius 3 is 1.80 bits per heavy atom. The Morgan fingerprint density at radius 1 is 0.314 bits per heavy atom. The van der Waals surface area contributed by atoms with Crippen LogP contribution in [0.15, 0.2) is 239 Å². The first-order valence-electron chi connectivity index (χ1n) is 23.7. The standard InChI is InChI=1S/C65H38N2O2S/c1-3-13-39(14-4-1)54-36-44(37-55(66-54)43-25-29-50-49-18-8-10-22-58(49)69-61(50)38-43)47-19-11-23-60-64(47)52-33-40(27-31-59(52)68-60)41-28-32-62-53(34-41)65-46(20-12-24-63(65)70-62)42-26-30-57-51(35-42)48-17-7-9-21-56(48)67(57)45-15-5-2-6-16-45/h1-38H. The molecule has 326 valence electrons. The fraction of sp³-hybridized carbons (Fsp3) is 0. The lowest BCUT2D eigenvalue weighted by molar-refractivity contribution is 0.668. The monoisotopic (exact) mass is 910 g/mol. The third-order valence-electron chi connectivity index (χ3n) is 14.2. The minimum atomic E-state index is 0.845. The molecule has 0 spiro atoms. The van der Waals surface area contributed by atoms with E-state index in [0.29, 0.717) is 0 Å². The van der Waals surface area contributed by atoms with Crippen LogP contribution >= 0.6 is 11.3 Å². The van der Waals surface area contributed by atoms with Gasteiger partial charge in [-0.15, -0.1) is 11.3 Å². The number of pyridine rings is 1. The molecule has 15 aromatic rings. The summed E-state index contributed by atoms with van der Waals surface area (Å²) in [5.74, 6) is 0.